The van der Waals surface area contributed by atoms with Crippen LogP contribution in [0.3, 0.4) is 0 Å². The summed E-state index contributed by atoms with van der Waals surface area (Å²) in [6.45, 7) is 1.77. The average Bonchev–Trinajstić information content (AvgIpc) is 2.27. The predicted octanol–water partition coefficient (Wildman–Crippen LogP) is -1.11. The maximum absolute atomic E-state index is 11.6. The van der Waals surface area contributed by atoms with Crippen molar-refractivity contribution in [2.24, 2.45) is 5.92 Å². The molecule has 2 rings (SSSR count). The number of carbonyl (C=O) groups is 1. The SMILES string of the molecule is CC(O)C(=O)C1CNc2nc(N)[nH]c(=O)c2C1. The molecule has 7 heteroatoms. The molecule has 0 fully saturated rings. The first-order chi connectivity index (χ1) is 7.99. The van der Waals surface area contributed by atoms with Crippen molar-refractivity contribution in [1.82, 2.24) is 9.97 Å². The maximum Gasteiger partial charge on any atom is 0.257 e. The highest BCUT2D eigenvalue weighted by atomic mass is 16.3. The van der Waals surface area contributed by atoms with E-state index in [2.05, 4.69) is 15.3 Å². The van der Waals surface area contributed by atoms with E-state index in [1.807, 2.05) is 0 Å². The van der Waals surface area contributed by atoms with Gasteiger partial charge in [-0.15, -0.1) is 0 Å². The van der Waals surface area contributed by atoms with E-state index in [0.717, 1.165) is 0 Å². The van der Waals surface area contributed by atoms with E-state index in [4.69, 9.17) is 5.73 Å². The molecule has 1 aromatic rings. The lowest BCUT2D eigenvalue weighted by atomic mass is 9.91. The highest BCUT2D eigenvalue weighted by Crippen LogP contribution is 2.21. The average molecular weight is 238 g/mol. The number of ketones is 1. The van der Waals surface area contributed by atoms with Crippen LogP contribution in [0, 0.1) is 5.92 Å². The van der Waals surface area contributed by atoms with Crippen LogP contribution in [0.15, 0.2) is 4.79 Å². The largest absolute Gasteiger partial charge is 0.386 e. The summed E-state index contributed by atoms with van der Waals surface area (Å²) >= 11 is 0. The van der Waals surface area contributed by atoms with Gasteiger partial charge in [-0.05, 0) is 13.3 Å². The molecule has 0 saturated heterocycles. The standard InChI is InChI=1S/C10H14N4O3/c1-4(15)7(16)5-2-6-8(12-3-5)13-10(11)14-9(6)17/h4-5,15H,2-3H2,1H3,(H4,11,12,13,14,17). The summed E-state index contributed by atoms with van der Waals surface area (Å²) in [6, 6.07) is 0. The summed E-state index contributed by atoms with van der Waals surface area (Å²) in [5.41, 5.74) is 5.47. The van der Waals surface area contributed by atoms with E-state index in [9.17, 15) is 14.7 Å². The third-order valence-electron chi connectivity index (χ3n) is 2.81. The minimum Gasteiger partial charge on any atom is -0.386 e. The lowest BCUT2D eigenvalue weighted by Gasteiger charge is -2.24. The fourth-order valence-electron chi connectivity index (χ4n) is 1.93. The van der Waals surface area contributed by atoms with Gasteiger partial charge < -0.3 is 16.2 Å². The Bertz CT molecular complexity index is 509. The van der Waals surface area contributed by atoms with E-state index in [1.165, 1.54) is 6.92 Å². The van der Waals surface area contributed by atoms with Gasteiger partial charge in [-0.25, -0.2) is 0 Å². The number of rotatable bonds is 2. The smallest absolute Gasteiger partial charge is 0.257 e. The van der Waals surface area contributed by atoms with E-state index >= 15 is 0 Å². The molecule has 0 amide bonds. The molecule has 92 valence electrons. The molecule has 0 saturated carbocycles. The number of nitrogens with one attached hydrogen (secondary N) is 2. The molecule has 2 heterocycles. The van der Waals surface area contributed by atoms with Crippen LogP contribution in [0.5, 0.6) is 0 Å². The van der Waals surface area contributed by atoms with Gasteiger partial charge in [0, 0.05) is 12.5 Å². The van der Waals surface area contributed by atoms with Crippen LogP contribution in [0.25, 0.3) is 0 Å². The number of anilines is 2. The molecule has 2 atom stereocenters. The number of aliphatic hydroxyl groups is 1. The number of aromatic nitrogens is 2. The Hall–Kier alpha value is -1.89. The van der Waals surface area contributed by atoms with Crippen molar-refractivity contribution in [2.45, 2.75) is 19.4 Å². The number of nitrogen functional groups attached to an aromatic ring is 1. The Kier molecular flexibility index (Phi) is 2.84. The lowest BCUT2D eigenvalue weighted by molar-refractivity contribution is -0.130. The number of nitrogens with zero attached hydrogens (tertiary/aromatic N) is 1. The van der Waals surface area contributed by atoms with E-state index < -0.39 is 12.0 Å². The Balaban J connectivity index is 2.31. The summed E-state index contributed by atoms with van der Waals surface area (Å²) in [6.07, 6.45) is -0.751. The fourth-order valence-corrected chi connectivity index (χ4v) is 1.93. The first-order valence-electron chi connectivity index (χ1n) is 5.33. The topological polar surface area (TPSA) is 121 Å². The number of hydrogen-bond donors (Lipinski definition) is 4. The quantitative estimate of drug-likeness (QED) is 0.518. The zero-order chi connectivity index (χ0) is 12.6. The van der Waals surface area contributed by atoms with Crippen LogP contribution < -0.4 is 16.6 Å². The highest BCUT2D eigenvalue weighted by molar-refractivity contribution is 5.86. The third kappa shape index (κ3) is 2.14. The molecule has 17 heavy (non-hydrogen) atoms. The molecule has 7 nitrogen and oxygen atoms in total. The number of H-pyrrole nitrogens is 1. The maximum atomic E-state index is 11.6. The van der Waals surface area contributed by atoms with Crippen molar-refractivity contribution in [1.29, 1.82) is 0 Å². The van der Waals surface area contributed by atoms with Gasteiger partial charge in [-0.2, -0.15) is 4.98 Å². The number of hydrogen-bond acceptors (Lipinski definition) is 6. The molecule has 5 N–H and O–H groups in total. The number of Topliss-reactive ketones (excluding diaryl/α,β-unsaturated/α-hetero) is 1. The van der Waals surface area contributed by atoms with Gasteiger partial charge in [0.25, 0.3) is 5.56 Å². The van der Waals surface area contributed by atoms with E-state index in [1.54, 1.807) is 0 Å². The van der Waals surface area contributed by atoms with Crippen molar-refractivity contribution < 1.29 is 9.90 Å². The van der Waals surface area contributed by atoms with Gasteiger partial charge in [0.05, 0.1) is 5.56 Å². The molecule has 0 bridgehead atoms. The van der Waals surface area contributed by atoms with E-state index in [0.29, 0.717) is 17.9 Å². The number of aliphatic hydroxyl groups excluding tert-OH is 1. The fraction of sp³-hybridized carbons (Fsp3) is 0.500. The number of fused-ring (bicyclic) bond motifs is 1. The van der Waals surface area contributed by atoms with Crippen molar-refractivity contribution in [3.63, 3.8) is 0 Å². The monoisotopic (exact) mass is 238 g/mol. The summed E-state index contributed by atoms with van der Waals surface area (Å²) in [4.78, 5) is 29.6. The first kappa shape index (κ1) is 11.6. The van der Waals surface area contributed by atoms with Crippen LogP contribution in [-0.2, 0) is 11.2 Å². The molecule has 0 aliphatic carbocycles. The lowest BCUT2D eigenvalue weighted by Crippen LogP contribution is -2.38. The van der Waals surface area contributed by atoms with Gasteiger partial charge >= 0.3 is 0 Å². The highest BCUT2D eigenvalue weighted by Gasteiger charge is 2.29. The molecule has 1 aliphatic rings. The Morgan fingerprint density at radius 1 is 1.65 bits per heavy atom. The summed E-state index contributed by atoms with van der Waals surface area (Å²) in [5.74, 6) is -0.226. The zero-order valence-corrected chi connectivity index (χ0v) is 9.36. The van der Waals surface area contributed by atoms with Crippen LogP contribution in [0.4, 0.5) is 11.8 Å². The van der Waals surface area contributed by atoms with Crippen LogP contribution >= 0.6 is 0 Å². The van der Waals surface area contributed by atoms with Gasteiger partial charge in [0.1, 0.15) is 11.9 Å². The molecular formula is C10H14N4O3. The van der Waals surface area contributed by atoms with Crippen LogP contribution in [-0.4, -0.2) is 33.5 Å². The molecule has 2 unspecified atom stereocenters. The molecule has 0 radical (unpaired) electrons. The van der Waals surface area contributed by atoms with Crippen molar-refractivity contribution in [3.8, 4) is 0 Å². The van der Waals surface area contributed by atoms with E-state index in [-0.39, 0.29) is 23.7 Å². The zero-order valence-electron chi connectivity index (χ0n) is 9.36. The predicted molar refractivity (Wildman–Crippen MR) is 61.6 cm³/mol. The van der Waals surface area contributed by atoms with Crippen molar-refractivity contribution >= 4 is 17.5 Å². The van der Waals surface area contributed by atoms with Gasteiger partial charge in [0.15, 0.2) is 5.78 Å². The molecule has 0 aromatic carbocycles. The Morgan fingerprint density at radius 2 is 2.35 bits per heavy atom. The third-order valence-corrected chi connectivity index (χ3v) is 2.81. The number of carbonyl (C=O) groups excluding carboxylic acids is 1. The summed E-state index contributed by atoms with van der Waals surface area (Å²) < 4.78 is 0. The second kappa shape index (κ2) is 4.17. The number of nitrogens with two attached hydrogens (primary N) is 1. The van der Waals surface area contributed by atoms with Crippen LogP contribution in [0.2, 0.25) is 0 Å². The Labute approximate surface area is 97.1 Å². The van der Waals surface area contributed by atoms with Gasteiger partial charge in [-0.1, -0.05) is 0 Å². The normalized spacial score (nSPS) is 20.2. The van der Waals surface area contributed by atoms with Crippen LogP contribution in [0.1, 0.15) is 12.5 Å². The summed E-state index contributed by atoms with van der Waals surface area (Å²) in [5, 5.41) is 12.1. The van der Waals surface area contributed by atoms with Gasteiger partial charge in [0.2, 0.25) is 5.95 Å². The first-order valence-corrected chi connectivity index (χ1v) is 5.33. The summed E-state index contributed by atoms with van der Waals surface area (Å²) in [7, 11) is 0. The molecule has 1 aliphatic heterocycles. The molecule has 1 aromatic heterocycles. The van der Waals surface area contributed by atoms with Crippen molar-refractivity contribution in [2.75, 3.05) is 17.6 Å². The second-order valence-electron chi connectivity index (χ2n) is 4.14. The number of aromatic amines is 1. The molecular weight excluding hydrogens is 224 g/mol. The second-order valence-corrected chi connectivity index (χ2v) is 4.14. The van der Waals surface area contributed by atoms with Gasteiger partial charge in [-0.3, -0.25) is 14.6 Å². The minimum absolute atomic E-state index is 0.0431. The minimum atomic E-state index is -1.02. The molecule has 0 spiro atoms. The Morgan fingerprint density at radius 3 is 3.00 bits per heavy atom. The van der Waals surface area contributed by atoms with Crippen molar-refractivity contribution in [3.05, 3.63) is 15.9 Å².